The Bertz CT molecular complexity index is 1380. The molecule has 1 unspecified atom stereocenters. The Balaban J connectivity index is 4.20. The van der Waals surface area contributed by atoms with Gasteiger partial charge in [0.25, 0.3) is 0 Å². The van der Waals surface area contributed by atoms with Crippen LogP contribution in [-0.4, -0.2) is 37.2 Å². The third-order valence-corrected chi connectivity index (χ3v) is 13.1. The van der Waals surface area contributed by atoms with E-state index in [-0.39, 0.29) is 31.1 Å². The molecule has 0 aromatic rings. The number of allylic oxidation sites excluding steroid dienone is 14. The molecule has 0 spiro atoms. The number of ether oxygens (including phenoxy) is 3. The van der Waals surface area contributed by atoms with Gasteiger partial charge in [-0.25, -0.2) is 0 Å². The lowest BCUT2D eigenvalue weighted by molar-refractivity contribution is -0.167. The minimum Gasteiger partial charge on any atom is -0.462 e. The second kappa shape index (κ2) is 60.1. The molecule has 0 aromatic heterocycles. The molecular weight excluding hydrogens is 889 g/mol. The van der Waals surface area contributed by atoms with E-state index in [1.165, 1.54) is 154 Å². The zero-order valence-electron chi connectivity index (χ0n) is 47.4. The smallest absolute Gasteiger partial charge is 0.306 e. The van der Waals surface area contributed by atoms with Crippen molar-refractivity contribution in [2.24, 2.45) is 0 Å². The van der Waals surface area contributed by atoms with E-state index in [0.29, 0.717) is 19.3 Å². The molecule has 0 radical (unpaired) electrons. The van der Waals surface area contributed by atoms with Gasteiger partial charge in [-0.15, -0.1) is 0 Å². The van der Waals surface area contributed by atoms with Crippen molar-refractivity contribution < 1.29 is 28.6 Å². The first-order valence-corrected chi connectivity index (χ1v) is 30.6. The lowest BCUT2D eigenvalue weighted by Gasteiger charge is -2.18. The maximum absolute atomic E-state index is 12.8. The summed E-state index contributed by atoms with van der Waals surface area (Å²) in [6, 6.07) is 0. The van der Waals surface area contributed by atoms with Gasteiger partial charge in [-0.3, -0.25) is 14.4 Å². The summed E-state index contributed by atoms with van der Waals surface area (Å²) in [6.45, 7) is 6.47. The van der Waals surface area contributed by atoms with E-state index in [9.17, 15) is 14.4 Å². The van der Waals surface area contributed by atoms with Crippen molar-refractivity contribution in [1.29, 1.82) is 0 Å². The lowest BCUT2D eigenvalue weighted by atomic mass is 10.0. The fourth-order valence-electron chi connectivity index (χ4n) is 8.52. The van der Waals surface area contributed by atoms with Gasteiger partial charge >= 0.3 is 17.9 Å². The molecular formula is C66H114O6. The highest BCUT2D eigenvalue weighted by molar-refractivity contribution is 5.71. The normalized spacial score (nSPS) is 12.7. The molecule has 0 saturated carbocycles. The SMILES string of the molecule is CC/C=C\C/C=C\C/C=C\CCCCCC(=O)OC(COC(=O)CCCCCCC/C=C\CCCCC)COC(=O)CCCCCCCCCCCCCCCC/C=C\C/C=C\C/C=C\CCCCCCC. The molecule has 0 rings (SSSR count). The summed E-state index contributed by atoms with van der Waals surface area (Å²) >= 11 is 0. The highest BCUT2D eigenvalue weighted by Crippen LogP contribution is 2.16. The summed E-state index contributed by atoms with van der Waals surface area (Å²) in [5, 5.41) is 0. The average Bonchev–Trinajstić information content (AvgIpc) is 3.38. The Hall–Kier alpha value is -3.41. The maximum atomic E-state index is 12.8. The van der Waals surface area contributed by atoms with E-state index in [1.807, 2.05) is 0 Å². The molecule has 0 aliphatic heterocycles. The van der Waals surface area contributed by atoms with Gasteiger partial charge in [0.15, 0.2) is 6.10 Å². The summed E-state index contributed by atoms with van der Waals surface area (Å²) in [5.41, 5.74) is 0. The number of esters is 3. The maximum Gasteiger partial charge on any atom is 0.306 e. The number of hydrogen-bond donors (Lipinski definition) is 0. The summed E-state index contributed by atoms with van der Waals surface area (Å²) in [5.74, 6) is -0.924. The second-order valence-corrected chi connectivity index (χ2v) is 20.2. The molecule has 0 aliphatic carbocycles. The van der Waals surface area contributed by atoms with Gasteiger partial charge in [0.05, 0.1) is 0 Å². The van der Waals surface area contributed by atoms with Gasteiger partial charge < -0.3 is 14.2 Å². The van der Waals surface area contributed by atoms with Crippen LogP contribution in [0.5, 0.6) is 0 Å². The van der Waals surface area contributed by atoms with E-state index in [4.69, 9.17) is 14.2 Å². The molecule has 1 atom stereocenters. The zero-order chi connectivity index (χ0) is 52.2. The lowest BCUT2D eigenvalue weighted by Crippen LogP contribution is -2.30. The van der Waals surface area contributed by atoms with Crippen molar-refractivity contribution in [3.63, 3.8) is 0 Å². The molecule has 0 aliphatic rings. The predicted octanol–water partition coefficient (Wildman–Crippen LogP) is 20.7. The Morgan fingerprint density at radius 2 is 0.542 bits per heavy atom. The quantitative estimate of drug-likeness (QED) is 0.0261. The van der Waals surface area contributed by atoms with Gasteiger partial charge in [-0.1, -0.05) is 247 Å². The molecule has 0 saturated heterocycles. The van der Waals surface area contributed by atoms with Crippen molar-refractivity contribution in [2.45, 2.75) is 303 Å². The minimum absolute atomic E-state index is 0.0903. The van der Waals surface area contributed by atoms with Crippen molar-refractivity contribution in [3.05, 3.63) is 85.1 Å². The summed E-state index contributed by atoms with van der Waals surface area (Å²) in [7, 11) is 0. The van der Waals surface area contributed by atoms with Crippen molar-refractivity contribution >= 4 is 17.9 Å². The van der Waals surface area contributed by atoms with Crippen LogP contribution in [0.1, 0.15) is 297 Å². The van der Waals surface area contributed by atoms with E-state index in [0.717, 1.165) is 103 Å². The van der Waals surface area contributed by atoms with Crippen LogP contribution < -0.4 is 0 Å². The molecule has 0 N–H and O–H groups in total. The van der Waals surface area contributed by atoms with Crippen molar-refractivity contribution in [1.82, 2.24) is 0 Å². The molecule has 0 fully saturated rings. The minimum atomic E-state index is -0.795. The number of carbonyl (C=O) groups is 3. The van der Waals surface area contributed by atoms with Crippen LogP contribution in [0.3, 0.4) is 0 Å². The van der Waals surface area contributed by atoms with Gasteiger partial charge in [-0.05, 0) is 116 Å². The number of unbranched alkanes of at least 4 members (excludes halogenated alkanes) is 30. The molecule has 0 aromatic carbocycles. The summed E-state index contributed by atoms with van der Waals surface area (Å²) < 4.78 is 16.8. The largest absolute Gasteiger partial charge is 0.462 e. The standard InChI is InChI=1S/C66H114O6/c1-4-7-10-13-16-19-22-25-26-27-28-29-30-31-32-33-34-35-36-37-38-39-40-42-44-47-50-53-56-59-65(68)71-62-63(61-70-64(67)58-55-52-49-46-43-24-21-18-15-12-9-6-3)72-66(69)60-57-54-51-48-45-41-23-20-17-14-11-8-5-2/h8,11,17-18,20-22,25,27-28,30-31,41,45,63H,4-7,9-10,12-16,19,23-24,26,29,32-40,42-44,46-62H2,1-3H3/b11-8-,20-17-,21-18-,25-22-,28-27-,31-30-,45-41-. The number of rotatable bonds is 55. The van der Waals surface area contributed by atoms with E-state index >= 15 is 0 Å². The fraction of sp³-hybridized carbons (Fsp3) is 0.742. The molecule has 0 bridgehead atoms. The van der Waals surface area contributed by atoms with Crippen LogP contribution in [0, 0.1) is 0 Å². The van der Waals surface area contributed by atoms with Crippen molar-refractivity contribution in [3.8, 4) is 0 Å². The third-order valence-electron chi connectivity index (χ3n) is 13.1. The predicted molar refractivity (Wildman–Crippen MR) is 311 cm³/mol. The van der Waals surface area contributed by atoms with Gasteiger partial charge in [0.2, 0.25) is 0 Å². The Kier molecular flexibility index (Phi) is 57.3. The molecule has 0 amide bonds. The molecule has 6 heteroatoms. The van der Waals surface area contributed by atoms with Crippen LogP contribution >= 0.6 is 0 Å². The van der Waals surface area contributed by atoms with E-state index < -0.39 is 6.10 Å². The number of carbonyl (C=O) groups excluding carboxylic acids is 3. The molecule has 72 heavy (non-hydrogen) atoms. The molecule has 6 nitrogen and oxygen atoms in total. The topological polar surface area (TPSA) is 78.9 Å². The van der Waals surface area contributed by atoms with Crippen LogP contribution in [0.2, 0.25) is 0 Å². The molecule has 0 heterocycles. The Morgan fingerprint density at radius 1 is 0.292 bits per heavy atom. The van der Waals surface area contributed by atoms with Crippen LogP contribution in [0.15, 0.2) is 85.1 Å². The summed E-state index contributed by atoms with van der Waals surface area (Å²) in [4.78, 5) is 38.1. The van der Waals surface area contributed by atoms with E-state index in [2.05, 4.69) is 106 Å². The Morgan fingerprint density at radius 3 is 0.903 bits per heavy atom. The van der Waals surface area contributed by atoms with Gasteiger partial charge in [-0.2, -0.15) is 0 Å². The highest BCUT2D eigenvalue weighted by atomic mass is 16.6. The van der Waals surface area contributed by atoms with Crippen molar-refractivity contribution in [2.75, 3.05) is 13.2 Å². The third kappa shape index (κ3) is 57.5. The number of hydrogen-bond acceptors (Lipinski definition) is 6. The zero-order valence-corrected chi connectivity index (χ0v) is 47.4. The van der Waals surface area contributed by atoms with Crippen LogP contribution in [0.4, 0.5) is 0 Å². The first-order chi connectivity index (χ1) is 35.5. The Labute approximate surface area is 445 Å². The first kappa shape index (κ1) is 68.6. The second-order valence-electron chi connectivity index (χ2n) is 20.2. The fourth-order valence-corrected chi connectivity index (χ4v) is 8.52. The van der Waals surface area contributed by atoms with Gasteiger partial charge in [0.1, 0.15) is 13.2 Å². The van der Waals surface area contributed by atoms with Crippen LogP contribution in [-0.2, 0) is 28.6 Å². The first-order valence-electron chi connectivity index (χ1n) is 30.6. The van der Waals surface area contributed by atoms with Crippen LogP contribution in [0.25, 0.3) is 0 Å². The van der Waals surface area contributed by atoms with E-state index in [1.54, 1.807) is 0 Å². The molecule has 414 valence electrons. The van der Waals surface area contributed by atoms with Gasteiger partial charge in [0, 0.05) is 19.3 Å². The summed E-state index contributed by atoms with van der Waals surface area (Å²) in [6.07, 6.45) is 78.9. The monoisotopic (exact) mass is 1000 g/mol. The highest BCUT2D eigenvalue weighted by Gasteiger charge is 2.19. The average molecular weight is 1000 g/mol.